The van der Waals surface area contributed by atoms with Crippen molar-refractivity contribution in [3.8, 4) is 0 Å². The van der Waals surface area contributed by atoms with E-state index in [9.17, 15) is 9.59 Å². The molecule has 108 valence electrons. The number of carbonyl (C=O) groups excluding carboxylic acids is 2. The molecule has 0 aromatic carbocycles. The molecule has 2 bridgehead atoms. The zero-order valence-electron chi connectivity index (χ0n) is 9.30. The van der Waals surface area contributed by atoms with Crippen molar-refractivity contribution >= 4 is 81.2 Å². The van der Waals surface area contributed by atoms with Gasteiger partial charge in [-0.3, -0.25) is 9.59 Å². The van der Waals surface area contributed by atoms with Crippen LogP contribution >= 0.6 is 69.6 Å². The number of alkyl halides is 4. The molecule has 4 aliphatic rings. The Labute approximate surface area is 143 Å². The van der Waals surface area contributed by atoms with Crippen molar-refractivity contribution in [3.63, 3.8) is 0 Å². The third-order valence-electron chi connectivity index (χ3n) is 4.60. The summed E-state index contributed by atoms with van der Waals surface area (Å²) in [6, 6.07) is 0. The highest BCUT2D eigenvalue weighted by molar-refractivity contribution is 6.66. The second-order valence-corrected chi connectivity index (χ2v) is 8.64. The predicted octanol–water partition coefficient (Wildman–Crippen LogP) is 2.98. The maximum absolute atomic E-state index is 12.4. The molecule has 2 saturated carbocycles. The Balaban J connectivity index is 2.03. The average molecular weight is 397 g/mol. The number of allylic oxidation sites excluding steroid dienone is 2. The summed E-state index contributed by atoms with van der Waals surface area (Å²) in [5.74, 6) is -2.79. The fourth-order valence-corrected chi connectivity index (χ4v) is 6.56. The van der Waals surface area contributed by atoms with Crippen LogP contribution in [0.15, 0.2) is 10.1 Å². The molecule has 0 aromatic rings. The van der Waals surface area contributed by atoms with Crippen LogP contribution in [0.3, 0.4) is 0 Å². The lowest BCUT2D eigenvalue weighted by molar-refractivity contribution is -0.135. The van der Waals surface area contributed by atoms with E-state index < -0.39 is 38.1 Å². The van der Waals surface area contributed by atoms with Gasteiger partial charge in [-0.1, -0.05) is 46.4 Å². The largest absolute Gasteiger partial charge is 0.353 e. The van der Waals surface area contributed by atoms with Crippen molar-refractivity contribution in [2.24, 2.45) is 11.8 Å². The second-order valence-electron chi connectivity index (χ2n) is 5.36. The standard InChI is InChI=1S/C11H4Cl6O3/c12-7-8(13)10(15)2-1(9(7,14)11(10,16)17)3(18)5-6(20-5)4(2)19/h1-2,5-6H/t1-,2-,5-,6+,9-,10-/m0/s1. The quantitative estimate of drug-likeness (QED) is 0.467. The lowest BCUT2D eigenvalue weighted by atomic mass is 9.71. The number of halogens is 6. The van der Waals surface area contributed by atoms with Crippen LogP contribution in [-0.2, 0) is 14.3 Å². The third kappa shape index (κ3) is 1.12. The minimum absolute atomic E-state index is 0.0812. The lowest BCUT2D eigenvalue weighted by Gasteiger charge is -2.36. The van der Waals surface area contributed by atoms with Gasteiger partial charge >= 0.3 is 0 Å². The van der Waals surface area contributed by atoms with Gasteiger partial charge in [0, 0.05) is 0 Å². The van der Waals surface area contributed by atoms with Gasteiger partial charge in [-0.25, -0.2) is 0 Å². The maximum atomic E-state index is 12.4. The average Bonchev–Trinajstić information content (AvgIpc) is 3.14. The number of ether oxygens (including phenoxy) is 1. The number of Topliss-reactive ketones (excluding diaryl/α,β-unsaturated/α-hetero) is 2. The van der Waals surface area contributed by atoms with Crippen LogP contribution in [-0.4, -0.2) is 37.9 Å². The summed E-state index contributed by atoms with van der Waals surface area (Å²) in [4.78, 5) is 21.4. The highest BCUT2D eigenvalue weighted by Gasteiger charge is 2.88. The van der Waals surface area contributed by atoms with Gasteiger partial charge in [0.2, 0.25) is 0 Å². The molecule has 3 aliphatic carbocycles. The summed E-state index contributed by atoms with van der Waals surface area (Å²) < 4.78 is 3.22. The van der Waals surface area contributed by atoms with Crippen LogP contribution in [0, 0.1) is 11.8 Å². The normalized spacial score (nSPS) is 55.1. The van der Waals surface area contributed by atoms with Gasteiger partial charge in [-0.05, 0) is 0 Å². The van der Waals surface area contributed by atoms with Gasteiger partial charge in [0.25, 0.3) is 0 Å². The molecule has 0 unspecified atom stereocenters. The maximum Gasteiger partial charge on any atom is 0.170 e. The van der Waals surface area contributed by atoms with E-state index in [1.165, 1.54) is 0 Å². The first-order valence-corrected chi connectivity index (χ1v) is 7.93. The lowest BCUT2D eigenvalue weighted by Crippen LogP contribution is -2.51. The predicted molar refractivity (Wildman–Crippen MR) is 76.0 cm³/mol. The van der Waals surface area contributed by atoms with Crippen molar-refractivity contribution in [2.45, 2.75) is 26.3 Å². The van der Waals surface area contributed by atoms with Crippen molar-refractivity contribution in [1.82, 2.24) is 0 Å². The molecule has 3 fully saturated rings. The van der Waals surface area contributed by atoms with Crippen LogP contribution in [0.25, 0.3) is 0 Å². The summed E-state index contributed by atoms with van der Waals surface area (Å²) in [6.07, 6.45) is -1.60. The number of hydrogen-bond acceptors (Lipinski definition) is 3. The number of hydrogen-bond donors (Lipinski definition) is 0. The summed E-state index contributed by atoms with van der Waals surface area (Å²) >= 11 is 37.9. The third-order valence-corrected chi connectivity index (χ3v) is 8.86. The van der Waals surface area contributed by atoms with Gasteiger partial charge in [0.1, 0.15) is 9.75 Å². The fourth-order valence-electron chi connectivity index (χ4n) is 3.60. The van der Waals surface area contributed by atoms with Gasteiger partial charge in [-0.15, -0.1) is 23.2 Å². The monoisotopic (exact) mass is 394 g/mol. The van der Waals surface area contributed by atoms with E-state index in [1.807, 2.05) is 0 Å². The van der Waals surface area contributed by atoms with Crippen LogP contribution in [0.5, 0.6) is 0 Å². The van der Waals surface area contributed by atoms with Crippen LogP contribution in [0.1, 0.15) is 0 Å². The molecule has 0 amide bonds. The Kier molecular flexibility index (Phi) is 2.62. The fraction of sp³-hybridized carbons (Fsp3) is 0.636. The molecule has 1 saturated heterocycles. The summed E-state index contributed by atoms with van der Waals surface area (Å²) in [5.41, 5.74) is 0. The van der Waals surface area contributed by atoms with E-state index in [0.29, 0.717) is 0 Å². The van der Waals surface area contributed by atoms with E-state index in [0.717, 1.165) is 0 Å². The van der Waals surface area contributed by atoms with Gasteiger partial charge in [-0.2, -0.15) is 0 Å². The van der Waals surface area contributed by atoms with E-state index >= 15 is 0 Å². The van der Waals surface area contributed by atoms with E-state index in [4.69, 9.17) is 74.3 Å². The minimum Gasteiger partial charge on any atom is -0.353 e. The molecule has 4 rings (SSSR count). The van der Waals surface area contributed by atoms with Crippen LogP contribution in [0.2, 0.25) is 0 Å². The highest BCUT2D eigenvalue weighted by atomic mass is 35.5. The first-order valence-electron chi connectivity index (χ1n) is 5.66. The van der Waals surface area contributed by atoms with Crippen molar-refractivity contribution in [1.29, 1.82) is 0 Å². The molecule has 0 spiro atoms. The van der Waals surface area contributed by atoms with Gasteiger partial charge < -0.3 is 4.74 Å². The smallest absolute Gasteiger partial charge is 0.170 e. The Morgan fingerprint density at radius 2 is 1.15 bits per heavy atom. The number of rotatable bonds is 0. The van der Waals surface area contributed by atoms with Gasteiger partial charge in [0.15, 0.2) is 28.1 Å². The number of carbonyl (C=O) groups is 2. The number of epoxide rings is 1. The molecule has 0 radical (unpaired) electrons. The molecular formula is C11H4Cl6O3. The Hall–Kier alpha value is 0.780. The molecule has 0 aromatic heterocycles. The van der Waals surface area contributed by atoms with E-state index in [2.05, 4.69) is 0 Å². The molecule has 3 nitrogen and oxygen atoms in total. The topological polar surface area (TPSA) is 46.7 Å². The van der Waals surface area contributed by atoms with Crippen LogP contribution < -0.4 is 0 Å². The van der Waals surface area contributed by atoms with E-state index in [-0.39, 0.29) is 21.6 Å². The minimum atomic E-state index is -1.87. The molecule has 20 heavy (non-hydrogen) atoms. The first kappa shape index (κ1) is 14.4. The zero-order valence-corrected chi connectivity index (χ0v) is 13.8. The molecule has 9 heteroatoms. The Morgan fingerprint density at radius 3 is 1.50 bits per heavy atom. The number of fused-ring (bicyclic) bond motifs is 6. The summed E-state index contributed by atoms with van der Waals surface area (Å²) in [5, 5.41) is -0.162. The van der Waals surface area contributed by atoms with Crippen molar-refractivity contribution in [3.05, 3.63) is 10.1 Å². The van der Waals surface area contributed by atoms with Gasteiger partial charge in [0.05, 0.1) is 21.9 Å². The van der Waals surface area contributed by atoms with Crippen LogP contribution in [0.4, 0.5) is 0 Å². The summed E-state index contributed by atoms with van der Waals surface area (Å²) in [6.45, 7) is 0. The molecule has 1 heterocycles. The second kappa shape index (κ2) is 3.64. The molecule has 0 N–H and O–H groups in total. The molecular weight excluding hydrogens is 393 g/mol. The molecule has 6 atom stereocenters. The van der Waals surface area contributed by atoms with Crippen molar-refractivity contribution in [2.75, 3.05) is 0 Å². The Bertz CT molecular complexity index is 580. The summed E-state index contributed by atoms with van der Waals surface area (Å²) in [7, 11) is 0. The molecule has 1 aliphatic heterocycles. The van der Waals surface area contributed by atoms with E-state index in [1.54, 1.807) is 0 Å². The SMILES string of the molecule is O=C1[C@H]2O[C@H]2C(=O)[C@@H]2[C@@H]1[C@]1(Cl)C(Cl)=C(Cl)[C@]2(Cl)C1(Cl)Cl. The first-order chi connectivity index (χ1) is 9.11. The zero-order chi connectivity index (χ0) is 14.8. The Morgan fingerprint density at radius 1 is 0.800 bits per heavy atom. The number of ketones is 2. The highest BCUT2D eigenvalue weighted by Crippen LogP contribution is 2.77. The van der Waals surface area contributed by atoms with Crippen molar-refractivity contribution < 1.29 is 14.3 Å².